The van der Waals surface area contributed by atoms with Gasteiger partial charge in [-0.1, -0.05) is 24.3 Å². The smallest absolute Gasteiger partial charge is 0.328 e. The van der Waals surface area contributed by atoms with Gasteiger partial charge >= 0.3 is 5.97 Å². The number of carboxylic acids is 1. The summed E-state index contributed by atoms with van der Waals surface area (Å²) in [5, 5.41) is 12.4. The Morgan fingerprint density at radius 1 is 1.43 bits per heavy atom. The fraction of sp³-hybridized carbons (Fsp3) is 0.294. The molecule has 0 fully saturated rings. The molecule has 0 saturated heterocycles. The fourth-order valence-electron chi connectivity index (χ4n) is 2.27. The van der Waals surface area contributed by atoms with Crippen molar-refractivity contribution in [3.63, 3.8) is 0 Å². The number of carboxylic acid groups (broad SMARTS) is 1. The number of hydrogen-bond donors (Lipinski definition) is 2. The number of nitrogens with one attached hydrogen (secondary N) is 1. The maximum Gasteiger partial charge on any atom is 0.328 e. The SMILES string of the molecule is C=CCOCC(NC(=O)c1oc2c(C)cccc2c1C)C(=O)O. The number of aryl methyl sites for hydroxylation is 2. The number of aliphatic carboxylic acids is 1. The molecule has 6 nitrogen and oxygen atoms in total. The Bertz CT molecular complexity index is 747. The quantitative estimate of drug-likeness (QED) is 0.605. The normalized spacial score (nSPS) is 12.1. The monoisotopic (exact) mass is 317 g/mol. The van der Waals surface area contributed by atoms with E-state index in [1.54, 1.807) is 6.92 Å². The van der Waals surface area contributed by atoms with E-state index in [0.29, 0.717) is 11.1 Å². The summed E-state index contributed by atoms with van der Waals surface area (Å²) in [5.74, 6) is -1.63. The second kappa shape index (κ2) is 7.11. The van der Waals surface area contributed by atoms with Gasteiger partial charge < -0.3 is 19.6 Å². The largest absolute Gasteiger partial charge is 0.480 e. The van der Waals surface area contributed by atoms with E-state index in [1.165, 1.54) is 6.08 Å². The number of para-hydroxylation sites is 1. The van der Waals surface area contributed by atoms with Gasteiger partial charge in [0.15, 0.2) is 11.8 Å². The topological polar surface area (TPSA) is 88.8 Å². The third-order valence-corrected chi connectivity index (χ3v) is 3.49. The standard InChI is InChI=1S/C17H19NO5/c1-4-8-22-9-13(17(20)21)18-16(19)15-11(3)12-7-5-6-10(2)14(12)23-15/h4-7,13H,1,8-9H2,2-3H3,(H,18,19)(H,20,21). The zero-order chi connectivity index (χ0) is 17.0. The Labute approximate surface area is 133 Å². The Hall–Kier alpha value is -2.60. The van der Waals surface area contributed by atoms with Crippen LogP contribution < -0.4 is 5.32 Å². The van der Waals surface area contributed by atoms with Crippen LogP contribution in [-0.2, 0) is 9.53 Å². The van der Waals surface area contributed by atoms with E-state index < -0.39 is 17.9 Å². The highest BCUT2D eigenvalue weighted by atomic mass is 16.5. The molecule has 1 heterocycles. The zero-order valence-electron chi connectivity index (χ0n) is 13.1. The lowest BCUT2D eigenvalue weighted by Crippen LogP contribution is -2.44. The predicted molar refractivity (Wildman–Crippen MR) is 85.6 cm³/mol. The van der Waals surface area contributed by atoms with Crippen molar-refractivity contribution >= 4 is 22.8 Å². The second-order valence-electron chi connectivity index (χ2n) is 5.20. The van der Waals surface area contributed by atoms with E-state index in [4.69, 9.17) is 9.15 Å². The number of benzene rings is 1. The van der Waals surface area contributed by atoms with Gasteiger partial charge in [0, 0.05) is 10.9 Å². The molecule has 23 heavy (non-hydrogen) atoms. The summed E-state index contributed by atoms with van der Waals surface area (Å²) in [7, 11) is 0. The van der Waals surface area contributed by atoms with Crippen molar-refractivity contribution in [1.29, 1.82) is 0 Å². The highest BCUT2D eigenvalue weighted by Gasteiger charge is 2.25. The minimum absolute atomic E-state index is 0.115. The summed E-state index contributed by atoms with van der Waals surface area (Å²) >= 11 is 0. The van der Waals surface area contributed by atoms with Crippen LogP contribution in [0.4, 0.5) is 0 Å². The van der Waals surface area contributed by atoms with Crippen molar-refractivity contribution in [1.82, 2.24) is 5.32 Å². The summed E-state index contributed by atoms with van der Waals surface area (Å²) in [6.07, 6.45) is 1.51. The first-order valence-electron chi connectivity index (χ1n) is 7.16. The molecule has 2 rings (SSSR count). The number of fused-ring (bicyclic) bond motifs is 1. The summed E-state index contributed by atoms with van der Waals surface area (Å²) in [6, 6.07) is 4.47. The van der Waals surface area contributed by atoms with Gasteiger partial charge in [0.05, 0.1) is 13.2 Å². The molecule has 0 bridgehead atoms. The Balaban J connectivity index is 2.22. The van der Waals surface area contributed by atoms with Crippen LogP contribution in [0.5, 0.6) is 0 Å². The van der Waals surface area contributed by atoms with Crippen molar-refractivity contribution in [3.8, 4) is 0 Å². The molecule has 2 N–H and O–H groups in total. The number of furan rings is 1. The first kappa shape index (κ1) is 16.8. The van der Waals surface area contributed by atoms with E-state index in [1.807, 2.05) is 25.1 Å². The number of amides is 1. The number of rotatable bonds is 7. The van der Waals surface area contributed by atoms with E-state index in [2.05, 4.69) is 11.9 Å². The first-order chi connectivity index (χ1) is 11.0. The van der Waals surface area contributed by atoms with Gasteiger partial charge in [-0.15, -0.1) is 6.58 Å². The molecule has 6 heteroatoms. The van der Waals surface area contributed by atoms with Crippen LogP contribution in [-0.4, -0.2) is 36.2 Å². The number of ether oxygens (including phenoxy) is 1. The van der Waals surface area contributed by atoms with Gasteiger partial charge in [0.2, 0.25) is 0 Å². The number of carbonyl (C=O) groups is 2. The lowest BCUT2D eigenvalue weighted by Gasteiger charge is -2.13. The fourth-order valence-corrected chi connectivity index (χ4v) is 2.27. The summed E-state index contributed by atoms with van der Waals surface area (Å²) < 4.78 is 10.7. The molecule has 2 aromatic rings. The summed E-state index contributed by atoms with van der Waals surface area (Å²) in [5.41, 5.74) is 2.22. The van der Waals surface area contributed by atoms with Gasteiger partial charge in [-0.05, 0) is 19.4 Å². The Morgan fingerprint density at radius 3 is 2.78 bits per heavy atom. The van der Waals surface area contributed by atoms with E-state index in [-0.39, 0.29) is 19.0 Å². The van der Waals surface area contributed by atoms with Crippen molar-refractivity contribution in [2.24, 2.45) is 0 Å². The third kappa shape index (κ3) is 3.60. The molecule has 0 aliphatic carbocycles. The number of carbonyl (C=O) groups excluding carboxylic acids is 1. The third-order valence-electron chi connectivity index (χ3n) is 3.49. The molecule has 0 saturated carbocycles. The minimum Gasteiger partial charge on any atom is -0.480 e. The average molecular weight is 317 g/mol. The van der Waals surface area contributed by atoms with E-state index in [0.717, 1.165) is 10.9 Å². The van der Waals surface area contributed by atoms with Crippen molar-refractivity contribution in [2.45, 2.75) is 19.9 Å². The van der Waals surface area contributed by atoms with Gasteiger partial charge in [-0.25, -0.2) is 4.79 Å². The highest BCUT2D eigenvalue weighted by Crippen LogP contribution is 2.27. The molecule has 1 amide bonds. The maximum absolute atomic E-state index is 12.4. The van der Waals surface area contributed by atoms with Crippen LogP contribution in [0.15, 0.2) is 35.3 Å². The van der Waals surface area contributed by atoms with Crippen LogP contribution in [0.25, 0.3) is 11.0 Å². The Morgan fingerprint density at radius 2 is 2.17 bits per heavy atom. The summed E-state index contributed by atoms with van der Waals surface area (Å²) in [6.45, 7) is 7.20. The molecule has 0 aliphatic rings. The van der Waals surface area contributed by atoms with Gasteiger partial charge in [-0.2, -0.15) is 0 Å². The van der Waals surface area contributed by atoms with Gasteiger partial charge in [0.25, 0.3) is 5.91 Å². The van der Waals surface area contributed by atoms with Crippen molar-refractivity contribution in [2.75, 3.05) is 13.2 Å². The summed E-state index contributed by atoms with van der Waals surface area (Å²) in [4.78, 5) is 23.6. The van der Waals surface area contributed by atoms with Crippen LogP contribution in [0.2, 0.25) is 0 Å². The van der Waals surface area contributed by atoms with Gasteiger partial charge in [-0.3, -0.25) is 4.79 Å². The lowest BCUT2D eigenvalue weighted by molar-refractivity contribution is -0.140. The van der Waals surface area contributed by atoms with Crippen LogP contribution >= 0.6 is 0 Å². The van der Waals surface area contributed by atoms with Gasteiger partial charge in [0.1, 0.15) is 5.58 Å². The van der Waals surface area contributed by atoms with Crippen LogP contribution in [0, 0.1) is 13.8 Å². The lowest BCUT2D eigenvalue weighted by atomic mass is 10.1. The predicted octanol–water partition coefficient (Wildman–Crippen LogP) is 2.44. The average Bonchev–Trinajstić information content (AvgIpc) is 2.85. The molecule has 1 atom stereocenters. The first-order valence-corrected chi connectivity index (χ1v) is 7.16. The van der Waals surface area contributed by atoms with Crippen LogP contribution in [0.3, 0.4) is 0 Å². The van der Waals surface area contributed by atoms with Crippen molar-refractivity contribution < 1.29 is 23.8 Å². The molecule has 1 aromatic carbocycles. The van der Waals surface area contributed by atoms with E-state index >= 15 is 0 Å². The molecular weight excluding hydrogens is 298 g/mol. The molecule has 0 spiro atoms. The minimum atomic E-state index is -1.17. The molecule has 122 valence electrons. The maximum atomic E-state index is 12.4. The molecule has 1 unspecified atom stereocenters. The zero-order valence-corrected chi connectivity index (χ0v) is 13.1. The van der Waals surface area contributed by atoms with E-state index in [9.17, 15) is 14.7 Å². The highest BCUT2D eigenvalue weighted by molar-refractivity contribution is 6.00. The number of hydrogen-bond acceptors (Lipinski definition) is 4. The molecule has 0 radical (unpaired) electrons. The molecule has 1 aromatic heterocycles. The molecule has 0 aliphatic heterocycles. The second-order valence-corrected chi connectivity index (χ2v) is 5.20. The van der Waals surface area contributed by atoms with Crippen molar-refractivity contribution in [3.05, 3.63) is 47.7 Å². The van der Waals surface area contributed by atoms with Crippen LogP contribution in [0.1, 0.15) is 21.7 Å². The Kier molecular flexibility index (Phi) is 5.18. The molecular formula is C17H19NO5.